The van der Waals surface area contributed by atoms with E-state index in [0.717, 1.165) is 22.3 Å². The summed E-state index contributed by atoms with van der Waals surface area (Å²) in [5, 5.41) is 4.59. The van der Waals surface area contributed by atoms with Crippen molar-refractivity contribution in [3.05, 3.63) is 24.4 Å². The summed E-state index contributed by atoms with van der Waals surface area (Å²) in [6.07, 6.45) is 1.62. The van der Waals surface area contributed by atoms with E-state index in [-0.39, 0.29) is 6.79 Å². The first kappa shape index (κ1) is 9.29. The second-order valence-corrected chi connectivity index (χ2v) is 4.32. The Kier molecular flexibility index (Phi) is 2.07. The molecule has 0 atom stereocenters. The van der Waals surface area contributed by atoms with Crippen molar-refractivity contribution in [3.8, 4) is 11.5 Å². The minimum Gasteiger partial charge on any atom is -0.454 e. The summed E-state index contributed by atoms with van der Waals surface area (Å²) < 4.78 is 10.5. The largest absolute Gasteiger partial charge is 0.454 e. The molecule has 5 nitrogen and oxygen atoms in total. The molecule has 0 amide bonds. The van der Waals surface area contributed by atoms with E-state index in [2.05, 4.69) is 10.3 Å². The first-order chi connectivity index (χ1) is 7.81. The zero-order chi connectivity index (χ0) is 11.0. The van der Waals surface area contributed by atoms with Crippen molar-refractivity contribution in [1.29, 1.82) is 0 Å². The van der Waals surface area contributed by atoms with Crippen molar-refractivity contribution in [2.45, 2.75) is 0 Å². The number of nitrogens with zero attached hydrogens (tertiary/aromatic N) is 1. The van der Waals surface area contributed by atoms with Crippen molar-refractivity contribution >= 4 is 27.2 Å². The predicted octanol–water partition coefficient (Wildman–Crippen LogP) is 2.20. The molecule has 1 aliphatic rings. The van der Waals surface area contributed by atoms with Gasteiger partial charge in [0, 0.05) is 11.8 Å². The number of hydrogen-bond donors (Lipinski definition) is 2. The highest BCUT2D eigenvalue weighted by molar-refractivity contribution is 7.19. The number of anilines is 3. The van der Waals surface area contributed by atoms with Gasteiger partial charge in [-0.1, -0.05) is 11.3 Å². The van der Waals surface area contributed by atoms with Gasteiger partial charge in [-0.15, -0.1) is 0 Å². The van der Waals surface area contributed by atoms with Crippen molar-refractivity contribution < 1.29 is 9.47 Å². The lowest BCUT2D eigenvalue weighted by Crippen LogP contribution is -1.93. The Balaban J connectivity index is 1.85. The summed E-state index contributed by atoms with van der Waals surface area (Å²) in [6.45, 7) is 0.281. The maximum atomic E-state index is 5.59. The molecule has 0 aliphatic carbocycles. The lowest BCUT2D eigenvalue weighted by Gasteiger charge is -2.03. The van der Waals surface area contributed by atoms with Crippen LogP contribution >= 0.6 is 11.3 Å². The fourth-order valence-electron chi connectivity index (χ4n) is 1.44. The van der Waals surface area contributed by atoms with Gasteiger partial charge in [-0.2, -0.15) is 0 Å². The van der Waals surface area contributed by atoms with Crippen LogP contribution in [-0.4, -0.2) is 11.8 Å². The Morgan fingerprint density at radius 2 is 2.19 bits per heavy atom. The van der Waals surface area contributed by atoms with Gasteiger partial charge < -0.3 is 20.5 Å². The molecule has 0 saturated carbocycles. The first-order valence-electron chi connectivity index (χ1n) is 4.69. The van der Waals surface area contributed by atoms with Crippen LogP contribution in [0.1, 0.15) is 0 Å². The standard InChI is InChI=1S/C10H9N3O2S/c11-9-4-12-10(16-9)13-6-1-2-7-8(3-6)15-5-14-7/h1-4H,5,11H2,(H,12,13). The van der Waals surface area contributed by atoms with E-state index in [0.29, 0.717) is 5.00 Å². The van der Waals surface area contributed by atoms with Crippen LogP contribution in [0.5, 0.6) is 11.5 Å². The van der Waals surface area contributed by atoms with E-state index in [1.165, 1.54) is 11.3 Å². The third kappa shape index (κ3) is 1.63. The zero-order valence-electron chi connectivity index (χ0n) is 8.27. The van der Waals surface area contributed by atoms with Crippen LogP contribution in [-0.2, 0) is 0 Å². The Morgan fingerprint density at radius 3 is 3.00 bits per heavy atom. The summed E-state index contributed by atoms with van der Waals surface area (Å²) in [6, 6.07) is 5.65. The van der Waals surface area contributed by atoms with Crippen LogP contribution in [0.15, 0.2) is 24.4 Å². The third-order valence-electron chi connectivity index (χ3n) is 2.15. The van der Waals surface area contributed by atoms with Crippen LogP contribution < -0.4 is 20.5 Å². The fourth-order valence-corrected chi connectivity index (χ4v) is 2.05. The number of hydrogen-bond acceptors (Lipinski definition) is 6. The number of fused-ring (bicyclic) bond motifs is 1. The molecule has 1 aromatic carbocycles. The second kappa shape index (κ2) is 3.57. The fraction of sp³-hybridized carbons (Fsp3) is 0.100. The number of nitrogens with two attached hydrogens (primary N) is 1. The molecule has 2 heterocycles. The Labute approximate surface area is 95.8 Å². The molecule has 0 spiro atoms. The predicted molar refractivity (Wildman–Crippen MR) is 62.4 cm³/mol. The Hall–Kier alpha value is -1.95. The molecule has 0 fully saturated rings. The average Bonchev–Trinajstić information content (AvgIpc) is 2.87. The zero-order valence-corrected chi connectivity index (χ0v) is 9.08. The molecule has 82 valence electrons. The Morgan fingerprint density at radius 1 is 1.31 bits per heavy atom. The SMILES string of the molecule is Nc1cnc(Nc2ccc3c(c2)OCO3)s1. The van der Waals surface area contributed by atoms with E-state index >= 15 is 0 Å². The number of aromatic nitrogens is 1. The summed E-state index contributed by atoms with van der Waals surface area (Å²) in [7, 11) is 0. The van der Waals surface area contributed by atoms with Gasteiger partial charge in [0.25, 0.3) is 0 Å². The van der Waals surface area contributed by atoms with Gasteiger partial charge in [-0.25, -0.2) is 4.98 Å². The van der Waals surface area contributed by atoms with E-state index < -0.39 is 0 Å². The van der Waals surface area contributed by atoms with Gasteiger partial charge in [0.1, 0.15) is 5.00 Å². The molecule has 1 aromatic heterocycles. The van der Waals surface area contributed by atoms with Crippen molar-refractivity contribution in [2.75, 3.05) is 17.8 Å². The maximum Gasteiger partial charge on any atom is 0.231 e. The number of rotatable bonds is 2. The van der Waals surface area contributed by atoms with Crippen molar-refractivity contribution in [1.82, 2.24) is 4.98 Å². The lowest BCUT2D eigenvalue weighted by atomic mass is 10.3. The van der Waals surface area contributed by atoms with Crippen LogP contribution in [0.2, 0.25) is 0 Å². The van der Waals surface area contributed by atoms with E-state index in [9.17, 15) is 0 Å². The maximum absolute atomic E-state index is 5.59. The minimum absolute atomic E-state index is 0.281. The number of thiazole rings is 1. The van der Waals surface area contributed by atoms with Gasteiger partial charge in [0.15, 0.2) is 16.6 Å². The normalized spacial score (nSPS) is 12.8. The van der Waals surface area contributed by atoms with Crippen molar-refractivity contribution in [3.63, 3.8) is 0 Å². The molecule has 0 saturated heterocycles. The highest BCUT2D eigenvalue weighted by Gasteiger charge is 2.13. The second-order valence-electron chi connectivity index (χ2n) is 3.26. The van der Waals surface area contributed by atoms with E-state index in [1.807, 2.05) is 18.2 Å². The van der Waals surface area contributed by atoms with Gasteiger partial charge in [-0.05, 0) is 12.1 Å². The molecule has 3 rings (SSSR count). The molecule has 2 aromatic rings. The first-order valence-corrected chi connectivity index (χ1v) is 5.51. The summed E-state index contributed by atoms with van der Waals surface area (Å²) >= 11 is 1.40. The molecule has 3 N–H and O–H groups in total. The molecule has 6 heteroatoms. The summed E-state index contributed by atoms with van der Waals surface area (Å²) in [5.74, 6) is 1.51. The number of benzene rings is 1. The van der Waals surface area contributed by atoms with Gasteiger partial charge in [0.2, 0.25) is 6.79 Å². The van der Waals surface area contributed by atoms with Crippen LogP contribution in [0.25, 0.3) is 0 Å². The molecule has 16 heavy (non-hydrogen) atoms. The van der Waals surface area contributed by atoms with Gasteiger partial charge >= 0.3 is 0 Å². The molecule has 1 aliphatic heterocycles. The topological polar surface area (TPSA) is 69.4 Å². The lowest BCUT2D eigenvalue weighted by molar-refractivity contribution is 0.174. The number of ether oxygens (including phenoxy) is 2. The molecule has 0 bridgehead atoms. The monoisotopic (exact) mass is 235 g/mol. The van der Waals surface area contributed by atoms with Crippen LogP contribution in [0.4, 0.5) is 15.8 Å². The van der Waals surface area contributed by atoms with Gasteiger partial charge in [-0.3, -0.25) is 0 Å². The molecular formula is C10H9N3O2S. The number of nitrogens with one attached hydrogen (secondary N) is 1. The van der Waals surface area contributed by atoms with E-state index in [1.54, 1.807) is 6.20 Å². The average molecular weight is 235 g/mol. The minimum atomic E-state index is 0.281. The number of nitrogen functional groups attached to an aromatic ring is 1. The Bertz CT molecular complexity index is 527. The third-order valence-corrected chi connectivity index (χ3v) is 2.89. The molecule has 0 unspecified atom stereocenters. The van der Waals surface area contributed by atoms with Crippen LogP contribution in [0, 0.1) is 0 Å². The summed E-state index contributed by atoms with van der Waals surface area (Å²) in [4.78, 5) is 4.11. The quantitative estimate of drug-likeness (QED) is 0.835. The summed E-state index contributed by atoms with van der Waals surface area (Å²) in [5.41, 5.74) is 6.50. The van der Waals surface area contributed by atoms with Gasteiger partial charge in [0.05, 0.1) is 6.20 Å². The smallest absolute Gasteiger partial charge is 0.231 e. The van der Waals surface area contributed by atoms with Crippen LogP contribution in [0.3, 0.4) is 0 Å². The van der Waals surface area contributed by atoms with E-state index in [4.69, 9.17) is 15.2 Å². The molecular weight excluding hydrogens is 226 g/mol. The molecule has 0 radical (unpaired) electrons. The highest BCUT2D eigenvalue weighted by atomic mass is 32.1. The highest BCUT2D eigenvalue weighted by Crippen LogP contribution is 2.35. The van der Waals surface area contributed by atoms with Crippen molar-refractivity contribution in [2.24, 2.45) is 0 Å².